The van der Waals surface area contributed by atoms with Gasteiger partial charge in [0, 0.05) is 12.7 Å². The Morgan fingerprint density at radius 2 is 1.82 bits per heavy atom. The van der Waals surface area contributed by atoms with Crippen LogP contribution in [0.2, 0.25) is 0 Å². The lowest BCUT2D eigenvalue weighted by Gasteiger charge is -2.33. The number of carboxylic acid groups (broad SMARTS) is 1. The topological polar surface area (TPSA) is 74.2 Å². The van der Waals surface area contributed by atoms with Crippen LogP contribution in [0.4, 0.5) is 4.39 Å². The largest absolute Gasteiger partial charge is 0.497 e. The highest BCUT2D eigenvalue weighted by atomic mass is 19.1. The SMILES string of the molecule is COc1ccc(F)c(-c2ccc(C3COc4ccc(CC(C)C(=O)O)cc4O3)cc2C(OC)C(C)(C)C)c1. The van der Waals surface area contributed by atoms with E-state index >= 15 is 4.39 Å². The van der Waals surface area contributed by atoms with Crippen molar-refractivity contribution in [1.29, 1.82) is 0 Å². The van der Waals surface area contributed by atoms with Crippen molar-refractivity contribution in [1.82, 2.24) is 0 Å². The Bertz CT molecular complexity index is 1310. The molecule has 38 heavy (non-hydrogen) atoms. The van der Waals surface area contributed by atoms with E-state index in [1.165, 1.54) is 6.07 Å². The van der Waals surface area contributed by atoms with Crippen molar-refractivity contribution in [3.63, 3.8) is 0 Å². The summed E-state index contributed by atoms with van der Waals surface area (Å²) in [5.74, 6) is 0.0496. The molecular formula is C31H35FO6. The first-order valence-electron chi connectivity index (χ1n) is 12.7. The molecule has 1 heterocycles. The summed E-state index contributed by atoms with van der Waals surface area (Å²) in [7, 11) is 3.21. The van der Waals surface area contributed by atoms with Crippen LogP contribution < -0.4 is 14.2 Å². The third-order valence-electron chi connectivity index (χ3n) is 6.85. The summed E-state index contributed by atoms with van der Waals surface area (Å²) in [6.07, 6.45) is -0.345. The highest BCUT2D eigenvalue weighted by Gasteiger charge is 2.31. The van der Waals surface area contributed by atoms with E-state index in [2.05, 4.69) is 20.8 Å². The highest BCUT2D eigenvalue weighted by molar-refractivity contribution is 5.71. The van der Waals surface area contributed by atoms with Crippen molar-refractivity contribution >= 4 is 5.97 Å². The number of aliphatic carboxylic acids is 1. The summed E-state index contributed by atoms with van der Waals surface area (Å²) < 4.78 is 38.7. The van der Waals surface area contributed by atoms with Gasteiger partial charge in [-0.05, 0) is 70.5 Å². The minimum Gasteiger partial charge on any atom is -0.497 e. The fraction of sp³-hybridized carbons (Fsp3) is 0.387. The number of hydrogen-bond acceptors (Lipinski definition) is 5. The molecule has 0 amide bonds. The lowest BCUT2D eigenvalue weighted by Crippen LogP contribution is -2.24. The first-order valence-corrected chi connectivity index (χ1v) is 12.7. The van der Waals surface area contributed by atoms with Gasteiger partial charge in [-0.25, -0.2) is 4.39 Å². The quantitative estimate of drug-likeness (QED) is 0.343. The number of benzene rings is 3. The van der Waals surface area contributed by atoms with Gasteiger partial charge in [0.2, 0.25) is 0 Å². The average Bonchev–Trinajstić information content (AvgIpc) is 2.88. The van der Waals surface area contributed by atoms with Crippen LogP contribution in [-0.2, 0) is 16.0 Å². The molecule has 0 radical (unpaired) electrons. The van der Waals surface area contributed by atoms with Crippen LogP contribution in [0.5, 0.6) is 17.2 Å². The summed E-state index contributed by atoms with van der Waals surface area (Å²) in [4.78, 5) is 11.3. The number of carbonyl (C=O) groups is 1. The van der Waals surface area contributed by atoms with Crippen molar-refractivity contribution in [2.45, 2.75) is 46.3 Å². The number of ether oxygens (including phenoxy) is 4. The molecule has 1 N–H and O–H groups in total. The van der Waals surface area contributed by atoms with Crippen LogP contribution >= 0.6 is 0 Å². The van der Waals surface area contributed by atoms with Crippen LogP contribution in [0.25, 0.3) is 11.1 Å². The standard InChI is InChI=1S/C31H35FO6/c1-18(30(33)34)13-19-7-12-26-27(14-19)38-28(17-37-26)20-8-10-22(23-16-21(35-5)9-11-25(23)32)24(15-20)29(36-6)31(2,3)4/h7-12,14-16,18,28-29H,13,17H2,1-6H3,(H,33,34). The van der Waals surface area contributed by atoms with Gasteiger partial charge in [-0.1, -0.05) is 45.9 Å². The van der Waals surface area contributed by atoms with Gasteiger partial charge in [0.25, 0.3) is 0 Å². The number of rotatable bonds is 8. The van der Waals surface area contributed by atoms with E-state index in [4.69, 9.17) is 18.9 Å². The third-order valence-corrected chi connectivity index (χ3v) is 6.85. The Labute approximate surface area is 223 Å². The normalized spacial score (nSPS) is 16.6. The second-order valence-corrected chi connectivity index (χ2v) is 10.8. The molecule has 0 spiro atoms. The number of methoxy groups -OCH3 is 2. The lowest BCUT2D eigenvalue weighted by molar-refractivity contribution is -0.141. The van der Waals surface area contributed by atoms with Gasteiger partial charge in [0.1, 0.15) is 18.2 Å². The number of fused-ring (bicyclic) bond motifs is 1. The Morgan fingerprint density at radius 1 is 1.05 bits per heavy atom. The molecule has 0 aliphatic carbocycles. The van der Waals surface area contributed by atoms with Crippen LogP contribution in [0, 0.1) is 17.2 Å². The van der Waals surface area contributed by atoms with Gasteiger partial charge in [-0.3, -0.25) is 4.79 Å². The van der Waals surface area contributed by atoms with E-state index in [1.54, 1.807) is 33.3 Å². The molecule has 1 aliphatic heterocycles. The number of carboxylic acids is 1. The first kappa shape index (κ1) is 27.5. The van der Waals surface area contributed by atoms with Crippen molar-refractivity contribution in [3.05, 3.63) is 77.1 Å². The summed E-state index contributed by atoms with van der Waals surface area (Å²) in [5, 5.41) is 9.28. The predicted molar refractivity (Wildman–Crippen MR) is 143 cm³/mol. The van der Waals surface area contributed by atoms with Crippen LogP contribution in [-0.4, -0.2) is 31.9 Å². The second kappa shape index (κ2) is 11.0. The second-order valence-electron chi connectivity index (χ2n) is 10.8. The van der Waals surface area contributed by atoms with Gasteiger partial charge in [-0.15, -0.1) is 0 Å². The Hall–Kier alpha value is -3.58. The fourth-order valence-corrected chi connectivity index (χ4v) is 4.88. The molecule has 0 bridgehead atoms. The molecule has 6 nitrogen and oxygen atoms in total. The zero-order valence-corrected chi connectivity index (χ0v) is 22.7. The summed E-state index contributed by atoms with van der Waals surface area (Å²) in [6, 6.07) is 16.0. The van der Waals surface area contributed by atoms with E-state index in [1.807, 2.05) is 36.4 Å². The minimum atomic E-state index is -0.843. The molecule has 3 unspecified atom stereocenters. The molecule has 202 valence electrons. The van der Waals surface area contributed by atoms with Gasteiger partial charge >= 0.3 is 5.97 Å². The van der Waals surface area contributed by atoms with Gasteiger partial charge in [0.15, 0.2) is 17.6 Å². The Balaban J connectivity index is 1.73. The molecule has 0 aromatic heterocycles. The van der Waals surface area contributed by atoms with Gasteiger partial charge in [-0.2, -0.15) is 0 Å². The molecule has 3 aromatic carbocycles. The van der Waals surface area contributed by atoms with E-state index in [-0.39, 0.29) is 17.3 Å². The van der Waals surface area contributed by atoms with Gasteiger partial charge < -0.3 is 24.1 Å². The average molecular weight is 523 g/mol. The summed E-state index contributed by atoms with van der Waals surface area (Å²) in [5.41, 5.74) is 3.44. The molecule has 7 heteroatoms. The Kier molecular flexibility index (Phi) is 7.97. The molecule has 0 saturated carbocycles. The van der Waals surface area contributed by atoms with E-state index in [9.17, 15) is 9.90 Å². The monoisotopic (exact) mass is 522 g/mol. The summed E-state index contributed by atoms with van der Waals surface area (Å²) >= 11 is 0. The van der Waals surface area contributed by atoms with Crippen molar-refractivity contribution in [3.8, 4) is 28.4 Å². The zero-order valence-electron chi connectivity index (χ0n) is 22.7. The molecule has 4 rings (SSSR count). The zero-order chi connectivity index (χ0) is 27.6. The molecule has 3 atom stereocenters. The van der Waals surface area contributed by atoms with E-state index in [0.29, 0.717) is 41.4 Å². The third kappa shape index (κ3) is 5.78. The van der Waals surface area contributed by atoms with Crippen LogP contribution in [0.1, 0.15) is 56.6 Å². The highest BCUT2D eigenvalue weighted by Crippen LogP contribution is 2.44. The molecule has 3 aromatic rings. The maximum atomic E-state index is 15.1. The van der Waals surface area contributed by atoms with E-state index < -0.39 is 18.0 Å². The number of hydrogen-bond donors (Lipinski definition) is 1. The minimum absolute atomic E-state index is 0.274. The fourth-order valence-electron chi connectivity index (χ4n) is 4.88. The van der Waals surface area contributed by atoms with Gasteiger partial charge in [0.05, 0.1) is 19.1 Å². The smallest absolute Gasteiger partial charge is 0.306 e. The van der Waals surface area contributed by atoms with E-state index in [0.717, 1.165) is 16.7 Å². The Morgan fingerprint density at radius 3 is 2.47 bits per heavy atom. The molecule has 0 saturated heterocycles. The first-order chi connectivity index (χ1) is 18.0. The summed E-state index contributed by atoms with van der Waals surface area (Å²) in [6.45, 7) is 8.22. The maximum Gasteiger partial charge on any atom is 0.306 e. The lowest BCUT2D eigenvalue weighted by atomic mass is 9.80. The molecule has 0 fully saturated rings. The predicted octanol–water partition coefficient (Wildman–Crippen LogP) is 7.01. The maximum absolute atomic E-state index is 15.1. The van der Waals surface area contributed by atoms with Crippen molar-refractivity contribution < 1.29 is 33.2 Å². The van der Waals surface area contributed by atoms with Crippen molar-refractivity contribution in [2.75, 3.05) is 20.8 Å². The van der Waals surface area contributed by atoms with Crippen LogP contribution in [0.15, 0.2) is 54.6 Å². The molecule has 1 aliphatic rings. The molecular weight excluding hydrogens is 487 g/mol. The van der Waals surface area contributed by atoms with Crippen molar-refractivity contribution in [2.24, 2.45) is 11.3 Å². The van der Waals surface area contributed by atoms with Crippen LogP contribution in [0.3, 0.4) is 0 Å². The number of halogens is 1.